The number of primary amides is 1. The molecule has 1 amide bonds. The second-order valence-electron chi connectivity index (χ2n) is 4.04. The fourth-order valence-corrected chi connectivity index (χ4v) is 4.40. The van der Waals surface area contributed by atoms with Crippen molar-refractivity contribution >= 4 is 60.1 Å². The lowest BCUT2D eigenvalue weighted by Gasteiger charge is -2.26. The van der Waals surface area contributed by atoms with Crippen LogP contribution in [0.3, 0.4) is 0 Å². The van der Waals surface area contributed by atoms with E-state index >= 15 is 0 Å². The van der Waals surface area contributed by atoms with Gasteiger partial charge in [-0.1, -0.05) is 29.3 Å². The summed E-state index contributed by atoms with van der Waals surface area (Å²) < 4.78 is 28.4. The zero-order valence-corrected chi connectivity index (χ0v) is 15.6. The molecule has 1 unspecified atom stereocenters. The predicted molar refractivity (Wildman–Crippen MR) is 90.8 cm³/mol. The number of halogens is 4. The number of ether oxygens (including phenoxy) is 1. The number of nitrogens with two attached hydrogens (primary N) is 1. The summed E-state index contributed by atoms with van der Waals surface area (Å²) in [6, 6.07) is 4.30. The van der Waals surface area contributed by atoms with Crippen LogP contribution in [0.1, 0.15) is 11.4 Å². The van der Waals surface area contributed by atoms with Gasteiger partial charge in [0.05, 0.1) is 13.2 Å². The quantitative estimate of drug-likeness (QED) is 0.454. The van der Waals surface area contributed by atoms with Crippen LogP contribution >= 0.6 is 54.0 Å². The number of hydrogen-bond donors (Lipinski definition) is 1. The highest BCUT2D eigenvalue weighted by Crippen LogP contribution is 2.62. The second-order valence-corrected chi connectivity index (χ2v) is 7.70. The molecule has 0 saturated heterocycles. The Hall–Kier alpha value is -0.200. The van der Waals surface area contributed by atoms with Crippen LogP contribution in [-0.2, 0) is 18.3 Å². The van der Waals surface area contributed by atoms with Crippen LogP contribution in [0, 0.1) is 0 Å². The van der Waals surface area contributed by atoms with Gasteiger partial charge in [-0.05, 0) is 12.1 Å². The van der Waals surface area contributed by atoms with Gasteiger partial charge in [0.25, 0.3) is 0 Å². The lowest BCUT2D eigenvalue weighted by Crippen LogP contribution is -2.20. The average molecular weight is 425 g/mol. The maximum atomic E-state index is 13.0. The van der Waals surface area contributed by atoms with Crippen molar-refractivity contribution in [2.24, 2.45) is 5.73 Å². The van der Waals surface area contributed by atoms with E-state index in [1.807, 2.05) is 0 Å². The van der Waals surface area contributed by atoms with Crippen LogP contribution in [0.4, 0.5) is 4.79 Å². The van der Waals surface area contributed by atoms with Crippen molar-refractivity contribution in [3.05, 3.63) is 33.8 Å². The van der Waals surface area contributed by atoms with E-state index in [9.17, 15) is 9.36 Å². The van der Waals surface area contributed by atoms with E-state index in [1.165, 1.54) is 18.2 Å². The van der Waals surface area contributed by atoms with Crippen LogP contribution in [0.2, 0.25) is 10.0 Å². The molecule has 2 N–H and O–H groups in total. The van der Waals surface area contributed by atoms with Crippen LogP contribution in [0.15, 0.2) is 18.2 Å². The molecule has 0 fully saturated rings. The number of carbonyl (C=O) groups excluding carboxylic acids is 1. The molecule has 0 heterocycles. The Labute approximate surface area is 153 Å². The van der Waals surface area contributed by atoms with Crippen molar-refractivity contribution in [2.45, 2.75) is 5.85 Å². The smallest absolute Gasteiger partial charge is 0.405 e. The number of alkyl halides is 2. The summed E-state index contributed by atoms with van der Waals surface area (Å²) in [7, 11) is -4.00. The molecule has 0 bridgehead atoms. The van der Waals surface area contributed by atoms with Crippen LogP contribution < -0.4 is 5.73 Å². The van der Waals surface area contributed by atoms with E-state index in [0.717, 1.165) is 0 Å². The minimum absolute atomic E-state index is 0.0475. The highest BCUT2D eigenvalue weighted by Gasteiger charge is 2.41. The molecule has 1 rings (SSSR count). The van der Waals surface area contributed by atoms with Crippen molar-refractivity contribution in [1.82, 2.24) is 0 Å². The molecular formula is C12H14Cl4NO5P. The summed E-state index contributed by atoms with van der Waals surface area (Å²) in [5.41, 5.74) is 5.22. The molecule has 1 aromatic carbocycles. The van der Waals surface area contributed by atoms with Gasteiger partial charge < -0.3 is 19.5 Å². The molecule has 0 aliphatic heterocycles. The van der Waals surface area contributed by atoms with E-state index in [0.29, 0.717) is 5.02 Å². The number of benzene rings is 1. The maximum absolute atomic E-state index is 13.0. The Bertz CT molecular complexity index is 577. The molecule has 1 aromatic rings. The fraction of sp³-hybridized carbons (Fsp3) is 0.417. The highest BCUT2D eigenvalue weighted by atomic mass is 35.5. The molecule has 11 heteroatoms. The summed E-state index contributed by atoms with van der Waals surface area (Å²) in [6.45, 7) is -0.212. The molecule has 23 heavy (non-hydrogen) atoms. The third-order valence-electron chi connectivity index (χ3n) is 2.44. The first kappa shape index (κ1) is 20.8. The Kier molecular flexibility index (Phi) is 9.01. The number of amides is 1. The Morgan fingerprint density at radius 1 is 1.17 bits per heavy atom. The number of rotatable bonds is 9. The minimum atomic E-state index is -4.00. The molecule has 0 saturated carbocycles. The molecule has 0 aromatic heterocycles. The second kappa shape index (κ2) is 9.94. The van der Waals surface area contributed by atoms with Gasteiger partial charge in [-0.25, -0.2) is 4.79 Å². The van der Waals surface area contributed by atoms with Crippen molar-refractivity contribution in [2.75, 3.05) is 25.0 Å². The summed E-state index contributed by atoms with van der Waals surface area (Å²) >= 11 is 23.0. The van der Waals surface area contributed by atoms with Crippen molar-refractivity contribution in [3.63, 3.8) is 0 Å². The molecule has 0 spiro atoms. The molecule has 130 valence electrons. The first-order valence-corrected chi connectivity index (χ1v) is 9.69. The molecule has 6 nitrogen and oxygen atoms in total. The minimum Gasteiger partial charge on any atom is -0.428 e. The first-order valence-electron chi connectivity index (χ1n) is 6.26. The van der Waals surface area contributed by atoms with Crippen LogP contribution in [0.5, 0.6) is 0 Å². The Morgan fingerprint density at radius 3 is 2.17 bits per heavy atom. The number of carbonyl (C=O) groups is 1. The van der Waals surface area contributed by atoms with E-state index in [2.05, 4.69) is 0 Å². The van der Waals surface area contributed by atoms with Gasteiger partial charge in [0, 0.05) is 27.4 Å². The number of hydrogen-bond acceptors (Lipinski definition) is 5. The Balaban J connectivity index is 3.28. The van der Waals surface area contributed by atoms with E-state index < -0.39 is 19.5 Å². The largest absolute Gasteiger partial charge is 0.428 e. The molecule has 0 aliphatic carbocycles. The van der Waals surface area contributed by atoms with E-state index in [1.54, 1.807) is 0 Å². The van der Waals surface area contributed by atoms with Crippen molar-refractivity contribution < 1.29 is 23.1 Å². The lowest BCUT2D eigenvalue weighted by molar-refractivity contribution is 0.110. The van der Waals surface area contributed by atoms with Gasteiger partial charge in [-0.2, -0.15) is 0 Å². The summed E-state index contributed by atoms with van der Waals surface area (Å²) in [5, 5.41) is 0.447. The van der Waals surface area contributed by atoms with Gasteiger partial charge in [0.1, 0.15) is 0 Å². The molecule has 0 radical (unpaired) electrons. The van der Waals surface area contributed by atoms with Gasteiger partial charge >= 0.3 is 13.7 Å². The monoisotopic (exact) mass is 423 g/mol. The zero-order valence-electron chi connectivity index (χ0n) is 11.7. The summed E-state index contributed by atoms with van der Waals surface area (Å²) in [5.74, 6) is -1.38. The van der Waals surface area contributed by atoms with Crippen LogP contribution in [0.25, 0.3) is 0 Å². The van der Waals surface area contributed by atoms with Gasteiger partial charge in [0.2, 0.25) is 5.85 Å². The van der Waals surface area contributed by atoms with Gasteiger partial charge in [-0.3, -0.25) is 4.57 Å². The highest BCUT2D eigenvalue weighted by molar-refractivity contribution is 7.54. The van der Waals surface area contributed by atoms with E-state index in [-0.39, 0.29) is 35.6 Å². The molecule has 0 aliphatic rings. The summed E-state index contributed by atoms with van der Waals surface area (Å²) in [6.07, 6.45) is -1.18. The predicted octanol–water partition coefficient (Wildman–Crippen LogP) is 4.79. The molecular weight excluding hydrogens is 411 g/mol. The Morgan fingerprint density at radius 2 is 1.74 bits per heavy atom. The third-order valence-corrected chi connectivity index (χ3v) is 5.35. The van der Waals surface area contributed by atoms with Crippen molar-refractivity contribution in [3.8, 4) is 0 Å². The normalized spacial score (nSPS) is 12.9. The summed E-state index contributed by atoms with van der Waals surface area (Å²) in [4.78, 5) is 11.2. The first-order chi connectivity index (χ1) is 10.8. The maximum Gasteiger partial charge on any atom is 0.405 e. The zero-order chi connectivity index (χ0) is 17.5. The standard InChI is InChI=1S/C12H14Cl4NO5P/c13-3-5-20-23(19,21-6-4-14)11(22-12(17)18)9-2-1-8(15)7-10(9)16/h1-2,7,11H,3-6H2,(H2,17,18). The van der Waals surface area contributed by atoms with Crippen LogP contribution in [-0.4, -0.2) is 31.1 Å². The molecule has 1 atom stereocenters. The van der Waals surface area contributed by atoms with Crippen molar-refractivity contribution in [1.29, 1.82) is 0 Å². The van der Waals surface area contributed by atoms with Gasteiger partial charge in [-0.15, -0.1) is 23.2 Å². The SMILES string of the molecule is NC(=O)OC(c1ccc(Cl)cc1Cl)P(=O)(OCCCl)OCCCl. The van der Waals surface area contributed by atoms with E-state index in [4.69, 9.17) is 65.9 Å². The average Bonchev–Trinajstić information content (AvgIpc) is 2.49. The third kappa shape index (κ3) is 6.31. The topological polar surface area (TPSA) is 87.9 Å². The fourth-order valence-electron chi connectivity index (χ4n) is 1.61. The lowest BCUT2D eigenvalue weighted by atomic mass is 10.2. The van der Waals surface area contributed by atoms with Gasteiger partial charge in [0.15, 0.2) is 0 Å².